The zero-order chi connectivity index (χ0) is 15.4. The Morgan fingerprint density at radius 1 is 1.35 bits per heavy atom. The Kier molecular flexibility index (Phi) is 4.98. The molecule has 0 atom stereocenters. The van der Waals surface area contributed by atoms with Gasteiger partial charge in [-0.15, -0.1) is 10.2 Å². The Morgan fingerprint density at radius 2 is 2.00 bits per heavy atom. The zero-order valence-corrected chi connectivity index (χ0v) is 12.3. The van der Waals surface area contributed by atoms with Crippen molar-refractivity contribution >= 4 is 21.7 Å². The van der Waals surface area contributed by atoms with Gasteiger partial charge in [0, 0.05) is 12.1 Å². The van der Waals surface area contributed by atoms with Crippen molar-refractivity contribution in [2.75, 3.05) is 18.2 Å². The van der Waals surface area contributed by atoms with E-state index in [9.17, 15) is 13.2 Å². The monoisotopic (exact) mass is 302 g/mol. The molecule has 0 unspecified atom stereocenters. The maximum atomic E-state index is 11.8. The molecule has 0 radical (unpaired) electrons. The van der Waals surface area contributed by atoms with E-state index in [1.807, 2.05) is 0 Å². The molecule has 1 aromatic rings. The van der Waals surface area contributed by atoms with Gasteiger partial charge in [-0.3, -0.25) is 4.79 Å². The van der Waals surface area contributed by atoms with Crippen molar-refractivity contribution in [3.8, 4) is 0 Å². The first-order valence-corrected chi connectivity index (χ1v) is 7.59. The van der Waals surface area contributed by atoms with Crippen molar-refractivity contribution in [3.63, 3.8) is 0 Å². The molecule has 20 heavy (non-hydrogen) atoms. The van der Waals surface area contributed by atoms with Crippen LogP contribution in [0.5, 0.6) is 0 Å². The van der Waals surface area contributed by atoms with Crippen LogP contribution in [-0.4, -0.2) is 42.9 Å². The molecule has 0 aromatic carbocycles. The molecule has 0 saturated heterocycles. The number of aromatic nitrogens is 2. The second-order valence-corrected chi connectivity index (χ2v) is 6.64. The number of carbonyl (C=O) groups excluding carboxylic acids is 1. The predicted octanol–water partition coefficient (Wildman–Crippen LogP) is -1.18. The van der Waals surface area contributed by atoms with E-state index < -0.39 is 21.5 Å². The summed E-state index contributed by atoms with van der Waals surface area (Å²) in [6.45, 7) is 3.42. The summed E-state index contributed by atoms with van der Waals surface area (Å²) in [5.41, 5.74) is 1.59. The lowest BCUT2D eigenvalue weighted by atomic mass is 10.1. The number of hydrogen-bond donors (Lipinski definition) is 4. The summed E-state index contributed by atoms with van der Waals surface area (Å²) in [5, 5.41) is 9.92. The van der Waals surface area contributed by atoms with Crippen LogP contribution in [0.1, 0.15) is 24.3 Å². The van der Waals surface area contributed by atoms with E-state index in [0.717, 1.165) is 6.26 Å². The molecule has 1 heterocycles. The van der Waals surface area contributed by atoms with Crippen LogP contribution < -0.4 is 21.3 Å². The molecule has 1 aromatic heterocycles. The van der Waals surface area contributed by atoms with Crippen LogP contribution in [0.15, 0.2) is 12.1 Å². The number of sulfonamides is 1. The van der Waals surface area contributed by atoms with Gasteiger partial charge in [-0.25, -0.2) is 19.0 Å². The van der Waals surface area contributed by atoms with E-state index >= 15 is 0 Å². The van der Waals surface area contributed by atoms with Crippen LogP contribution in [0.4, 0.5) is 5.82 Å². The molecule has 1 rings (SSSR count). The lowest BCUT2D eigenvalue weighted by Crippen LogP contribution is -2.51. The Bertz CT molecular complexity index is 569. The minimum absolute atomic E-state index is 0.109. The van der Waals surface area contributed by atoms with Gasteiger partial charge >= 0.3 is 0 Å². The van der Waals surface area contributed by atoms with Gasteiger partial charge in [-0.05, 0) is 26.0 Å². The fourth-order valence-electron chi connectivity index (χ4n) is 1.46. The summed E-state index contributed by atoms with van der Waals surface area (Å²) in [6.07, 6.45) is 1.06. The summed E-state index contributed by atoms with van der Waals surface area (Å²) in [7, 11) is -3.35. The van der Waals surface area contributed by atoms with Gasteiger partial charge in [0.15, 0.2) is 11.5 Å². The quantitative estimate of drug-likeness (QED) is 0.383. The normalized spacial score (nSPS) is 12.0. The summed E-state index contributed by atoms with van der Waals surface area (Å²) in [4.78, 5) is 11.8. The number of hydrogen-bond acceptors (Lipinski definition) is 7. The molecule has 0 aliphatic carbocycles. The van der Waals surface area contributed by atoms with Crippen molar-refractivity contribution in [1.82, 2.24) is 20.2 Å². The van der Waals surface area contributed by atoms with Crippen LogP contribution in [0.25, 0.3) is 0 Å². The summed E-state index contributed by atoms with van der Waals surface area (Å²) in [6, 6.07) is 2.95. The molecule has 1 amide bonds. The largest absolute Gasteiger partial charge is 0.349 e. The minimum Gasteiger partial charge on any atom is -0.349 e. The third kappa shape index (κ3) is 5.47. The third-order valence-corrected chi connectivity index (χ3v) is 3.12. The van der Waals surface area contributed by atoms with Gasteiger partial charge < -0.3 is 10.7 Å². The second kappa shape index (κ2) is 6.11. The predicted molar refractivity (Wildman–Crippen MR) is 74.2 cm³/mol. The molecule has 0 fully saturated rings. The molecule has 0 saturated carbocycles. The zero-order valence-electron chi connectivity index (χ0n) is 11.5. The van der Waals surface area contributed by atoms with Crippen LogP contribution in [0, 0.1) is 0 Å². The Labute approximate surface area is 117 Å². The topological polar surface area (TPSA) is 139 Å². The van der Waals surface area contributed by atoms with Crippen molar-refractivity contribution in [3.05, 3.63) is 17.8 Å². The summed E-state index contributed by atoms with van der Waals surface area (Å²) in [5.74, 6) is 5.01. The van der Waals surface area contributed by atoms with Gasteiger partial charge in [0.2, 0.25) is 10.0 Å². The number of hydrazine groups is 1. The lowest BCUT2D eigenvalue weighted by Gasteiger charge is -2.25. The van der Waals surface area contributed by atoms with Gasteiger partial charge in [0.1, 0.15) is 0 Å². The Hall–Kier alpha value is -1.78. The lowest BCUT2D eigenvalue weighted by molar-refractivity contribution is 0.0938. The number of nitrogens with two attached hydrogens (primary N) is 1. The highest BCUT2D eigenvalue weighted by Gasteiger charge is 2.23. The molecular formula is C10H18N6O3S. The first kappa shape index (κ1) is 16.3. The molecule has 10 heteroatoms. The molecular weight excluding hydrogens is 284 g/mol. The smallest absolute Gasteiger partial charge is 0.271 e. The van der Waals surface area contributed by atoms with E-state index in [4.69, 9.17) is 5.84 Å². The number of nitrogens with zero attached hydrogens (tertiary/aromatic N) is 2. The molecule has 5 N–H and O–H groups in total. The Balaban J connectivity index is 2.62. The maximum Gasteiger partial charge on any atom is 0.271 e. The highest BCUT2D eigenvalue weighted by atomic mass is 32.2. The highest BCUT2D eigenvalue weighted by Crippen LogP contribution is 2.04. The average molecular weight is 302 g/mol. The van der Waals surface area contributed by atoms with E-state index in [1.54, 1.807) is 13.8 Å². The molecule has 112 valence electrons. The molecule has 9 nitrogen and oxygen atoms in total. The number of nitrogen functional groups attached to an aromatic ring is 1. The van der Waals surface area contributed by atoms with Crippen molar-refractivity contribution in [1.29, 1.82) is 0 Å². The molecule has 0 aliphatic rings. The van der Waals surface area contributed by atoms with E-state index in [0.29, 0.717) is 5.82 Å². The SMILES string of the molecule is CC(C)(CNC(=O)c1ccc(NN)nn1)NS(C)(=O)=O. The number of carbonyl (C=O) groups is 1. The number of amides is 1. The van der Waals surface area contributed by atoms with Gasteiger partial charge in [-0.2, -0.15) is 0 Å². The molecule has 0 spiro atoms. The van der Waals surface area contributed by atoms with Gasteiger partial charge in [-0.1, -0.05) is 0 Å². The fourth-order valence-corrected chi connectivity index (χ4v) is 2.54. The standard InChI is InChI=1S/C10H18N6O3S/c1-10(2,16-20(3,18)19)6-12-9(17)7-4-5-8(13-11)15-14-7/h4-5,16H,6,11H2,1-3H3,(H,12,17)(H,13,15). The van der Waals surface area contributed by atoms with Crippen molar-refractivity contribution in [2.45, 2.75) is 19.4 Å². The first-order valence-electron chi connectivity index (χ1n) is 5.70. The number of anilines is 1. The minimum atomic E-state index is -3.35. The summed E-state index contributed by atoms with van der Waals surface area (Å²) >= 11 is 0. The average Bonchev–Trinajstić information content (AvgIpc) is 2.33. The van der Waals surface area contributed by atoms with Crippen LogP contribution in [-0.2, 0) is 10.0 Å². The first-order chi connectivity index (χ1) is 9.13. The highest BCUT2D eigenvalue weighted by molar-refractivity contribution is 7.88. The van der Waals surface area contributed by atoms with E-state index in [1.165, 1.54) is 12.1 Å². The third-order valence-electron chi connectivity index (χ3n) is 2.20. The second-order valence-electron chi connectivity index (χ2n) is 4.89. The van der Waals surface area contributed by atoms with Gasteiger partial charge in [0.05, 0.1) is 6.26 Å². The van der Waals surface area contributed by atoms with Crippen LogP contribution in [0.2, 0.25) is 0 Å². The van der Waals surface area contributed by atoms with Crippen molar-refractivity contribution < 1.29 is 13.2 Å². The van der Waals surface area contributed by atoms with E-state index in [-0.39, 0.29) is 12.2 Å². The van der Waals surface area contributed by atoms with E-state index in [2.05, 4.69) is 25.7 Å². The fraction of sp³-hybridized carbons (Fsp3) is 0.500. The summed E-state index contributed by atoms with van der Waals surface area (Å²) < 4.78 is 24.7. The van der Waals surface area contributed by atoms with Crippen molar-refractivity contribution in [2.24, 2.45) is 5.84 Å². The number of nitrogens with one attached hydrogen (secondary N) is 3. The maximum absolute atomic E-state index is 11.8. The Morgan fingerprint density at radius 3 is 2.45 bits per heavy atom. The number of rotatable bonds is 6. The van der Waals surface area contributed by atoms with Crippen LogP contribution >= 0.6 is 0 Å². The van der Waals surface area contributed by atoms with Gasteiger partial charge in [0.25, 0.3) is 5.91 Å². The molecule has 0 bridgehead atoms. The molecule has 0 aliphatic heterocycles. The van der Waals surface area contributed by atoms with Crippen LogP contribution in [0.3, 0.4) is 0 Å².